The van der Waals surface area contributed by atoms with Crippen molar-refractivity contribution in [3.63, 3.8) is 0 Å². The summed E-state index contributed by atoms with van der Waals surface area (Å²) in [6, 6.07) is 6.51. The topological polar surface area (TPSA) is 35.2 Å². The Bertz CT molecular complexity index is 415. The SMILES string of the molecule is COc1cc(C2(CN)CC(C)(C)C2)ccc1C. The molecule has 0 spiro atoms. The van der Waals surface area contributed by atoms with E-state index in [1.54, 1.807) is 7.11 Å². The van der Waals surface area contributed by atoms with Crippen LogP contribution in [0.15, 0.2) is 18.2 Å². The quantitative estimate of drug-likeness (QED) is 0.871. The van der Waals surface area contributed by atoms with Gasteiger partial charge in [0.1, 0.15) is 5.75 Å². The molecular formula is C15H23NO. The molecule has 1 saturated carbocycles. The Balaban J connectivity index is 2.33. The molecule has 2 nitrogen and oxygen atoms in total. The van der Waals surface area contributed by atoms with Crippen LogP contribution < -0.4 is 10.5 Å². The van der Waals surface area contributed by atoms with E-state index in [4.69, 9.17) is 10.5 Å². The first-order valence-electron chi connectivity index (χ1n) is 6.28. The lowest BCUT2D eigenvalue weighted by Gasteiger charge is -2.53. The first-order valence-corrected chi connectivity index (χ1v) is 6.28. The van der Waals surface area contributed by atoms with Gasteiger partial charge in [-0.05, 0) is 42.4 Å². The first kappa shape index (κ1) is 12.4. The second-order valence-corrected chi connectivity index (χ2v) is 6.19. The number of benzene rings is 1. The fourth-order valence-electron chi connectivity index (χ4n) is 3.40. The average Bonchev–Trinajstić information content (AvgIpc) is 2.26. The molecule has 0 radical (unpaired) electrons. The summed E-state index contributed by atoms with van der Waals surface area (Å²) in [5.74, 6) is 0.972. The maximum absolute atomic E-state index is 6.01. The highest BCUT2D eigenvalue weighted by Crippen LogP contribution is 2.55. The van der Waals surface area contributed by atoms with Crippen molar-refractivity contribution >= 4 is 0 Å². The van der Waals surface area contributed by atoms with Gasteiger partial charge >= 0.3 is 0 Å². The van der Waals surface area contributed by atoms with Crippen molar-refractivity contribution in [1.82, 2.24) is 0 Å². The minimum Gasteiger partial charge on any atom is -0.496 e. The molecule has 0 saturated heterocycles. The van der Waals surface area contributed by atoms with Crippen molar-refractivity contribution in [1.29, 1.82) is 0 Å². The van der Waals surface area contributed by atoms with E-state index in [1.165, 1.54) is 24.0 Å². The van der Waals surface area contributed by atoms with Gasteiger partial charge in [0.15, 0.2) is 0 Å². The van der Waals surface area contributed by atoms with E-state index in [-0.39, 0.29) is 5.41 Å². The third kappa shape index (κ3) is 2.06. The number of aryl methyl sites for hydroxylation is 1. The molecule has 0 atom stereocenters. The number of methoxy groups -OCH3 is 1. The minimum atomic E-state index is 0.171. The van der Waals surface area contributed by atoms with Crippen LogP contribution in [0.5, 0.6) is 5.75 Å². The zero-order chi connectivity index (χ0) is 12.7. The Morgan fingerprint density at radius 1 is 1.29 bits per heavy atom. The van der Waals surface area contributed by atoms with Gasteiger partial charge in [-0.3, -0.25) is 0 Å². The maximum atomic E-state index is 6.01. The second kappa shape index (κ2) is 4.02. The molecule has 0 unspecified atom stereocenters. The van der Waals surface area contributed by atoms with Crippen LogP contribution in [0, 0.1) is 12.3 Å². The molecule has 0 bridgehead atoms. The second-order valence-electron chi connectivity index (χ2n) is 6.19. The lowest BCUT2D eigenvalue weighted by Crippen LogP contribution is -2.51. The van der Waals surface area contributed by atoms with Gasteiger partial charge in [-0.1, -0.05) is 26.0 Å². The highest BCUT2D eigenvalue weighted by Gasteiger charge is 2.49. The van der Waals surface area contributed by atoms with E-state index < -0.39 is 0 Å². The maximum Gasteiger partial charge on any atom is 0.122 e. The lowest BCUT2D eigenvalue weighted by molar-refractivity contribution is 0.0632. The Hall–Kier alpha value is -1.02. The minimum absolute atomic E-state index is 0.171. The van der Waals surface area contributed by atoms with Crippen LogP contribution >= 0.6 is 0 Å². The summed E-state index contributed by atoms with van der Waals surface area (Å²) in [7, 11) is 1.73. The molecule has 2 rings (SSSR count). The molecule has 0 heterocycles. The van der Waals surface area contributed by atoms with E-state index >= 15 is 0 Å². The number of rotatable bonds is 3. The smallest absolute Gasteiger partial charge is 0.122 e. The van der Waals surface area contributed by atoms with Crippen molar-refractivity contribution in [2.45, 2.75) is 39.0 Å². The molecule has 0 amide bonds. The van der Waals surface area contributed by atoms with Crippen LogP contribution in [-0.4, -0.2) is 13.7 Å². The highest BCUT2D eigenvalue weighted by molar-refractivity contribution is 5.41. The number of hydrogen-bond donors (Lipinski definition) is 1. The fourth-order valence-corrected chi connectivity index (χ4v) is 3.40. The summed E-state index contributed by atoms with van der Waals surface area (Å²) in [6.45, 7) is 7.42. The molecule has 2 N–H and O–H groups in total. The van der Waals surface area contributed by atoms with Crippen molar-refractivity contribution in [2.24, 2.45) is 11.1 Å². The monoisotopic (exact) mass is 233 g/mol. The average molecular weight is 233 g/mol. The number of hydrogen-bond acceptors (Lipinski definition) is 2. The zero-order valence-electron chi connectivity index (χ0n) is 11.3. The Morgan fingerprint density at radius 3 is 2.41 bits per heavy atom. The molecule has 1 aliphatic carbocycles. The van der Waals surface area contributed by atoms with Gasteiger partial charge in [0, 0.05) is 12.0 Å². The van der Waals surface area contributed by atoms with Gasteiger partial charge in [-0.2, -0.15) is 0 Å². The lowest BCUT2D eigenvalue weighted by atomic mass is 9.52. The Morgan fingerprint density at radius 2 is 1.94 bits per heavy atom. The summed E-state index contributed by atoms with van der Waals surface area (Å²) in [5.41, 5.74) is 9.13. The van der Waals surface area contributed by atoms with Crippen LogP contribution in [0.2, 0.25) is 0 Å². The van der Waals surface area contributed by atoms with Crippen LogP contribution in [0.3, 0.4) is 0 Å². The van der Waals surface area contributed by atoms with Crippen LogP contribution in [0.4, 0.5) is 0 Å². The van der Waals surface area contributed by atoms with Gasteiger partial charge in [0.25, 0.3) is 0 Å². The Labute approximate surface area is 104 Å². The Kier molecular flexibility index (Phi) is 2.94. The van der Waals surface area contributed by atoms with Gasteiger partial charge in [-0.15, -0.1) is 0 Å². The van der Waals surface area contributed by atoms with Crippen molar-refractivity contribution in [2.75, 3.05) is 13.7 Å². The summed E-state index contributed by atoms with van der Waals surface area (Å²) in [4.78, 5) is 0. The molecule has 94 valence electrons. The van der Waals surface area contributed by atoms with E-state index in [0.29, 0.717) is 5.41 Å². The molecule has 1 aromatic carbocycles. The molecule has 0 aliphatic heterocycles. The van der Waals surface area contributed by atoms with Crippen molar-refractivity contribution < 1.29 is 4.74 Å². The highest BCUT2D eigenvalue weighted by atomic mass is 16.5. The van der Waals surface area contributed by atoms with Gasteiger partial charge in [-0.25, -0.2) is 0 Å². The van der Waals surface area contributed by atoms with Crippen LogP contribution in [-0.2, 0) is 5.41 Å². The molecule has 1 fully saturated rings. The van der Waals surface area contributed by atoms with E-state index in [2.05, 4.69) is 39.0 Å². The zero-order valence-corrected chi connectivity index (χ0v) is 11.3. The molecular weight excluding hydrogens is 210 g/mol. The summed E-state index contributed by atoms with van der Waals surface area (Å²) in [6.07, 6.45) is 2.34. The van der Waals surface area contributed by atoms with Crippen LogP contribution in [0.25, 0.3) is 0 Å². The van der Waals surface area contributed by atoms with Crippen molar-refractivity contribution in [3.8, 4) is 5.75 Å². The summed E-state index contributed by atoms with van der Waals surface area (Å²) in [5, 5.41) is 0. The standard InChI is InChI=1S/C15H23NO/c1-11-5-6-12(7-13(11)17-4)15(10-16)8-14(2,3)9-15/h5-7H,8-10,16H2,1-4H3. The van der Waals surface area contributed by atoms with E-state index in [9.17, 15) is 0 Å². The molecule has 1 aliphatic rings. The summed E-state index contributed by atoms with van der Waals surface area (Å²) < 4.78 is 5.41. The van der Waals surface area contributed by atoms with Crippen molar-refractivity contribution in [3.05, 3.63) is 29.3 Å². The molecule has 2 heteroatoms. The third-order valence-electron chi connectivity index (χ3n) is 4.05. The first-order chi connectivity index (χ1) is 7.92. The third-order valence-corrected chi connectivity index (χ3v) is 4.05. The number of ether oxygens (including phenoxy) is 1. The van der Waals surface area contributed by atoms with E-state index in [1.807, 2.05) is 0 Å². The fraction of sp³-hybridized carbons (Fsp3) is 0.600. The van der Waals surface area contributed by atoms with Gasteiger partial charge in [0.2, 0.25) is 0 Å². The van der Waals surface area contributed by atoms with E-state index in [0.717, 1.165) is 12.3 Å². The molecule has 1 aromatic rings. The van der Waals surface area contributed by atoms with Gasteiger partial charge in [0.05, 0.1) is 7.11 Å². The van der Waals surface area contributed by atoms with Gasteiger partial charge < -0.3 is 10.5 Å². The predicted molar refractivity (Wildman–Crippen MR) is 71.5 cm³/mol. The summed E-state index contributed by atoms with van der Waals surface area (Å²) >= 11 is 0. The normalized spacial score (nSPS) is 20.8. The molecule has 17 heavy (non-hydrogen) atoms. The van der Waals surface area contributed by atoms with Crippen LogP contribution in [0.1, 0.15) is 37.8 Å². The number of nitrogens with two attached hydrogens (primary N) is 1. The largest absolute Gasteiger partial charge is 0.496 e. The molecule has 0 aromatic heterocycles. The predicted octanol–water partition coefficient (Wildman–Crippen LogP) is 3.02.